The van der Waals surface area contributed by atoms with Crippen molar-refractivity contribution >= 4 is 48.8 Å². The number of hydrogen-bond acceptors (Lipinski definition) is 2. The van der Waals surface area contributed by atoms with Crippen molar-refractivity contribution in [3.8, 4) is 0 Å². The summed E-state index contributed by atoms with van der Waals surface area (Å²) < 4.78 is 2.70. The first-order chi connectivity index (χ1) is 12.9. The second-order valence-electron chi connectivity index (χ2n) is 6.62. The average Bonchev–Trinajstić information content (AvgIpc) is 2.92. The second-order valence-corrected chi connectivity index (χ2v) is 7.70. The van der Waals surface area contributed by atoms with Crippen LogP contribution in [-0.2, 0) is 0 Å². The lowest BCUT2D eigenvalue weighted by atomic mass is 10.0. The Labute approximate surface area is 157 Å². The third-order valence-electron chi connectivity index (χ3n) is 4.96. The monoisotopic (exact) mass is 353 g/mol. The van der Waals surface area contributed by atoms with E-state index in [9.17, 15) is 0 Å². The zero-order valence-corrected chi connectivity index (χ0v) is 15.2. The van der Waals surface area contributed by atoms with Gasteiger partial charge in [-0.25, -0.2) is 0 Å². The Morgan fingerprint density at radius 3 is 2.69 bits per heavy atom. The van der Waals surface area contributed by atoms with Crippen LogP contribution in [0.25, 0.3) is 31.8 Å². The van der Waals surface area contributed by atoms with E-state index >= 15 is 0 Å². The fourth-order valence-electron chi connectivity index (χ4n) is 3.65. The highest BCUT2D eigenvalue weighted by Gasteiger charge is 2.09. The van der Waals surface area contributed by atoms with E-state index in [0.29, 0.717) is 0 Å². The summed E-state index contributed by atoms with van der Waals surface area (Å²) in [5.74, 6) is 0. The Morgan fingerprint density at radius 2 is 1.69 bits per heavy atom. The van der Waals surface area contributed by atoms with Crippen molar-refractivity contribution < 1.29 is 0 Å². The number of anilines is 1. The van der Waals surface area contributed by atoms with Crippen molar-refractivity contribution in [2.75, 3.05) is 11.9 Å². The molecule has 126 valence electrons. The number of hydrogen-bond donors (Lipinski definition) is 1. The molecule has 1 aliphatic rings. The first kappa shape index (κ1) is 15.4. The number of thiophene rings is 1. The van der Waals surface area contributed by atoms with Crippen molar-refractivity contribution in [2.24, 2.45) is 0 Å². The summed E-state index contributed by atoms with van der Waals surface area (Å²) >= 11 is 1.86. The van der Waals surface area contributed by atoms with Gasteiger partial charge in [0.25, 0.3) is 0 Å². The van der Waals surface area contributed by atoms with Crippen LogP contribution in [0, 0.1) is 0 Å². The molecule has 1 aliphatic carbocycles. The van der Waals surface area contributed by atoms with E-state index in [1.54, 1.807) is 0 Å². The van der Waals surface area contributed by atoms with E-state index in [0.717, 1.165) is 13.0 Å². The van der Waals surface area contributed by atoms with Gasteiger partial charge in [-0.05, 0) is 47.4 Å². The van der Waals surface area contributed by atoms with Gasteiger partial charge in [0.1, 0.15) is 0 Å². The predicted octanol–water partition coefficient (Wildman–Crippen LogP) is 6.97. The van der Waals surface area contributed by atoms with Crippen LogP contribution in [0.5, 0.6) is 0 Å². The van der Waals surface area contributed by atoms with Crippen LogP contribution in [-0.4, -0.2) is 6.54 Å². The molecule has 0 spiro atoms. The molecule has 0 bridgehead atoms. The molecular weight excluding hydrogens is 334 g/mol. The number of benzene rings is 3. The lowest BCUT2D eigenvalue weighted by molar-refractivity contribution is 1.31. The van der Waals surface area contributed by atoms with Crippen LogP contribution in [0.1, 0.15) is 17.5 Å². The first-order valence-electron chi connectivity index (χ1n) is 8.99. The third-order valence-corrected chi connectivity index (χ3v) is 6.12. The minimum Gasteiger partial charge on any atom is -0.381 e. The highest BCUT2D eigenvalue weighted by atomic mass is 32.1. The largest absolute Gasteiger partial charge is 0.381 e. The summed E-state index contributed by atoms with van der Waals surface area (Å²) in [5.41, 5.74) is 5.17. The van der Waals surface area contributed by atoms with Gasteiger partial charge in [-0.2, -0.15) is 0 Å². The Bertz CT molecular complexity index is 1160. The normalized spacial score (nSPS) is 13.5. The quantitative estimate of drug-likeness (QED) is 0.419. The van der Waals surface area contributed by atoms with E-state index in [-0.39, 0.29) is 0 Å². The molecule has 0 atom stereocenters. The van der Waals surface area contributed by atoms with E-state index in [2.05, 4.69) is 90.3 Å². The van der Waals surface area contributed by atoms with Gasteiger partial charge in [0.2, 0.25) is 0 Å². The van der Waals surface area contributed by atoms with E-state index in [1.807, 2.05) is 11.3 Å². The SMILES string of the molecule is C1=Cc2ccccc2C(CNc2ccc3sc4ccccc4c3c2)=CC1. The average molecular weight is 353 g/mol. The molecule has 0 aliphatic heterocycles. The molecular formula is C24H19NS. The van der Waals surface area contributed by atoms with Crippen LogP contribution in [0.15, 0.2) is 78.9 Å². The smallest absolute Gasteiger partial charge is 0.0403 e. The molecule has 0 fully saturated rings. The molecule has 1 nitrogen and oxygen atoms in total. The Morgan fingerprint density at radius 1 is 0.846 bits per heavy atom. The maximum absolute atomic E-state index is 3.64. The lowest BCUT2D eigenvalue weighted by Crippen LogP contribution is -2.05. The highest BCUT2D eigenvalue weighted by molar-refractivity contribution is 7.25. The summed E-state index contributed by atoms with van der Waals surface area (Å²) in [5, 5.41) is 6.33. The van der Waals surface area contributed by atoms with E-state index in [4.69, 9.17) is 0 Å². The topological polar surface area (TPSA) is 12.0 Å². The zero-order chi connectivity index (χ0) is 17.3. The molecule has 0 saturated carbocycles. The van der Waals surface area contributed by atoms with Gasteiger partial charge < -0.3 is 5.32 Å². The van der Waals surface area contributed by atoms with Crippen molar-refractivity contribution in [2.45, 2.75) is 6.42 Å². The van der Waals surface area contributed by atoms with Gasteiger partial charge in [0.15, 0.2) is 0 Å². The number of allylic oxidation sites excluding steroid dienone is 2. The fraction of sp³-hybridized carbons (Fsp3) is 0.0833. The first-order valence-corrected chi connectivity index (χ1v) is 9.80. The molecule has 1 N–H and O–H groups in total. The van der Waals surface area contributed by atoms with Crippen molar-refractivity contribution in [3.63, 3.8) is 0 Å². The summed E-state index contributed by atoms with van der Waals surface area (Å²) in [6.07, 6.45) is 7.77. The minimum atomic E-state index is 0.840. The zero-order valence-electron chi connectivity index (χ0n) is 14.4. The molecule has 0 radical (unpaired) electrons. The highest BCUT2D eigenvalue weighted by Crippen LogP contribution is 2.35. The summed E-state index contributed by atoms with van der Waals surface area (Å²) in [6.45, 7) is 0.840. The Kier molecular flexibility index (Phi) is 3.84. The van der Waals surface area contributed by atoms with Crippen LogP contribution in [0.2, 0.25) is 0 Å². The molecule has 1 heterocycles. The minimum absolute atomic E-state index is 0.840. The van der Waals surface area contributed by atoms with Gasteiger partial charge >= 0.3 is 0 Å². The lowest BCUT2D eigenvalue weighted by Gasteiger charge is -2.12. The van der Waals surface area contributed by atoms with Gasteiger partial charge in [-0.1, -0.05) is 60.7 Å². The Hall–Kier alpha value is -2.84. The van der Waals surface area contributed by atoms with Crippen molar-refractivity contribution in [1.29, 1.82) is 0 Å². The molecule has 3 aromatic carbocycles. The maximum atomic E-state index is 3.64. The number of nitrogens with one attached hydrogen (secondary N) is 1. The second kappa shape index (κ2) is 6.47. The van der Waals surface area contributed by atoms with Gasteiger partial charge in [0.05, 0.1) is 0 Å². The molecule has 26 heavy (non-hydrogen) atoms. The fourth-order valence-corrected chi connectivity index (χ4v) is 4.74. The number of rotatable bonds is 3. The summed E-state index contributed by atoms with van der Waals surface area (Å²) in [6, 6.07) is 24.0. The molecule has 0 saturated heterocycles. The molecule has 0 amide bonds. The number of fused-ring (bicyclic) bond motifs is 4. The van der Waals surface area contributed by atoms with E-state index < -0.39 is 0 Å². The molecule has 2 heteroatoms. The van der Waals surface area contributed by atoms with Crippen molar-refractivity contribution in [1.82, 2.24) is 0 Å². The van der Waals surface area contributed by atoms with Crippen LogP contribution >= 0.6 is 11.3 Å². The summed E-state index contributed by atoms with van der Waals surface area (Å²) in [7, 11) is 0. The van der Waals surface area contributed by atoms with Crippen LogP contribution in [0.4, 0.5) is 5.69 Å². The standard InChI is InChI=1S/C24H19NS/c1-2-9-18(20-10-4-3-8-17(20)7-1)16-25-19-13-14-24-22(15-19)21-11-5-6-12-23(21)26-24/h1,3-15,25H,2,16H2. The van der Waals surface area contributed by atoms with Gasteiger partial charge in [-0.3, -0.25) is 0 Å². The molecule has 1 aromatic heterocycles. The Balaban J connectivity index is 1.45. The van der Waals surface area contributed by atoms with Crippen LogP contribution in [0.3, 0.4) is 0 Å². The predicted molar refractivity (Wildman–Crippen MR) is 116 cm³/mol. The molecule has 0 unspecified atom stereocenters. The van der Waals surface area contributed by atoms with Gasteiger partial charge in [0, 0.05) is 32.4 Å². The van der Waals surface area contributed by atoms with Gasteiger partial charge in [-0.15, -0.1) is 11.3 Å². The van der Waals surface area contributed by atoms with Crippen molar-refractivity contribution in [3.05, 3.63) is 90.0 Å². The van der Waals surface area contributed by atoms with E-state index in [1.165, 1.54) is 42.6 Å². The summed E-state index contributed by atoms with van der Waals surface area (Å²) in [4.78, 5) is 0. The third kappa shape index (κ3) is 2.73. The maximum Gasteiger partial charge on any atom is 0.0403 e. The van der Waals surface area contributed by atoms with Crippen LogP contribution < -0.4 is 5.32 Å². The molecule has 4 aromatic rings. The molecule has 5 rings (SSSR count).